The lowest BCUT2D eigenvalue weighted by molar-refractivity contribution is -0.393. The van der Waals surface area contributed by atoms with Gasteiger partial charge in [-0.05, 0) is 42.0 Å². The van der Waals surface area contributed by atoms with Crippen molar-refractivity contribution in [3.8, 4) is 11.5 Å². The average molecular weight is 436 g/mol. The van der Waals surface area contributed by atoms with Gasteiger partial charge in [0.25, 0.3) is 5.69 Å². The van der Waals surface area contributed by atoms with Gasteiger partial charge in [-0.15, -0.1) is 0 Å². The van der Waals surface area contributed by atoms with Crippen LogP contribution in [0.2, 0.25) is 0 Å². The Hall–Kier alpha value is -4.80. The van der Waals surface area contributed by atoms with Crippen molar-refractivity contribution in [1.82, 2.24) is 0 Å². The number of nitro groups is 2. The van der Waals surface area contributed by atoms with Crippen LogP contribution >= 0.6 is 0 Å². The summed E-state index contributed by atoms with van der Waals surface area (Å²) in [4.78, 5) is 32.8. The van der Waals surface area contributed by atoms with Crippen molar-refractivity contribution in [3.63, 3.8) is 0 Å². The normalized spacial score (nSPS) is 10.5. The van der Waals surface area contributed by atoms with E-state index in [9.17, 15) is 25.0 Å². The van der Waals surface area contributed by atoms with E-state index in [0.29, 0.717) is 11.1 Å². The molecule has 0 aliphatic heterocycles. The summed E-state index contributed by atoms with van der Waals surface area (Å²) < 4.78 is 10.6. The summed E-state index contributed by atoms with van der Waals surface area (Å²) in [6, 6.07) is 16.3. The Morgan fingerprint density at radius 1 is 0.969 bits per heavy atom. The van der Waals surface area contributed by atoms with Crippen molar-refractivity contribution in [1.29, 1.82) is 0 Å². The van der Waals surface area contributed by atoms with Crippen LogP contribution in [0.4, 0.5) is 17.1 Å². The Kier molecular flexibility index (Phi) is 6.71. The lowest BCUT2D eigenvalue weighted by atomic mass is 10.2. The monoisotopic (exact) mass is 436 g/mol. The van der Waals surface area contributed by atoms with Gasteiger partial charge in [0.05, 0.1) is 34.8 Å². The van der Waals surface area contributed by atoms with Gasteiger partial charge in [0.15, 0.2) is 11.5 Å². The minimum absolute atomic E-state index is 0.0165. The van der Waals surface area contributed by atoms with Gasteiger partial charge in [-0.25, -0.2) is 4.79 Å². The third-order valence-corrected chi connectivity index (χ3v) is 4.19. The van der Waals surface area contributed by atoms with Gasteiger partial charge < -0.3 is 9.47 Å². The molecule has 11 heteroatoms. The number of hydrazone groups is 1. The molecule has 0 heterocycles. The van der Waals surface area contributed by atoms with Crippen LogP contribution in [0.25, 0.3) is 0 Å². The number of methoxy groups -OCH3 is 1. The highest BCUT2D eigenvalue weighted by Gasteiger charge is 2.19. The predicted octanol–water partition coefficient (Wildman–Crippen LogP) is 4.18. The van der Waals surface area contributed by atoms with E-state index in [1.165, 1.54) is 25.5 Å². The molecule has 0 atom stereocenters. The number of carbonyl (C=O) groups is 1. The fourth-order valence-electron chi connectivity index (χ4n) is 2.64. The van der Waals surface area contributed by atoms with Gasteiger partial charge in [0, 0.05) is 6.07 Å². The number of rotatable bonds is 8. The Morgan fingerprint density at radius 2 is 1.72 bits per heavy atom. The van der Waals surface area contributed by atoms with Gasteiger partial charge in [-0.1, -0.05) is 18.2 Å². The first-order valence-electron chi connectivity index (χ1n) is 9.06. The first kappa shape index (κ1) is 21.9. The van der Waals surface area contributed by atoms with Crippen LogP contribution in [0, 0.1) is 20.2 Å². The smallest absolute Gasteiger partial charge is 0.343 e. The van der Waals surface area contributed by atoms with E-state index < -0.39 is 27.2 Å². The number of non-ortho nitro benzene ring substituents is 1. The van der Waals surface area contributed by atoms with E-state index in [1.54, 1.807) is 42.5 Å². The molecular weight excluding hydrogens is 420 g/mol. The average Bonchev–Trinajstić information content (AvgIpc) is 2.80. The molecule has 11 nitrogen and oxygen atoms in total. The first-order chi connectivity index (χ1) is 15.4. The van der Waals surface area contributed by atoms with Crippen molar-refractivity contribution in [2.75, 3.05) is 12.5 Å². The zero-order valence-corrected chi connectivity index (χ0v) is 16.6. The fourth-order valence-corrected chi connectivity index (χ4v) is 2.64. The van der Waals surface area contributed by atoms with Crippen LogP contribution < -0.4 is 14.9 Å². The largest absolute Gasteiger partial charge is 0.493 e. The van der Waals surface area contributed by atoms with Crippen molar-refractivity contribution >= 4 is 29.2 Å². The number of esters is 1. The Labute approximate surface area is 181 Å². The summed E-state index contributed by atoms with van der Waals surface area (Å²) in [6.45, 7) is 0. The van der Waals surface area contributed by atoms with Crippen LogP contribution in [-0.4, -0.2) is 29.1 Å². The van der Waals surface area contributed by atoms with Crippen LogP contribution in [0.3, 0.4) is 0 Å². The summed E-state index contributed by atoms with van der Waals surface area (Å²) in [5.41, 5.74) is 2.51. The Bertz CT molecular complexity index is 1200. The SMILES string of the molecule is COc1cc(/C=N\Nc2ccc([N+](=O)[O-])cc2[N+](=O)[O-])ccc1OC(=O)c1ccccc1. The highest BCUT2D eigenvalue weighted by atomic mass is 16.6. The molecular formula is C21H16N4O7. The van der Waals surface area contributed by atoms with Crippen LogP contribution in [0.15, 0.2) is 71.8 Å². The van der Waals surface area contributed by atoms with E-state index in [1.807, 2.05) is 0 Å². The zero-order chi connectivity index (χ0) is 23.1. The fraction of sp³-hybridized carbons (Fsp3) is 0.0476. The number of anilines is 1. The van der Waals surface area contributed by atoms with Gasteiger partial charge in [-0.3, -0.25) is 25.7 Å². The molecule has 0 aliphatic carbocycles. The van der Waals surface area contributed by atoms with Gasteiger partial charge >= 0.3 is 11.7 Å². The lowest BCUT2D eigenvalue weighted by Gasteiger charge is -2.10. The second kappa shape index (κ2) is 9.80. The van der Waals surface area contributed by atoms with E-state index in [2.05, 4.69) is 10.5 Å². The Morgan fingerprint density at radius 3 is 2.38 bits per heavy atom. The molecule has 3 aromatic carbocycles. The first-order valence-corrected chi connectivity index (χ1v) is 9.06. The summed E-state index contributed by atoms with van der Waals surface area (Å²) in [5.74, 6) is -0.0607. The van der Waals surface area contributed by atoms with E-state index >= 15 is 0 Å². The van der Waals surface area contributed by atoms with E-state index in [4.69, 9.17) is 9.47 Å². The second-order valence-corrected chi connectivity index (χ2v) is 6.25. The maximum atomic E-state index is 12.2. The zero-order valence-electron chi connectivity index (χ0n) is 16.6. The third-order valence-electron chi connectivity index (χ3n) is 4.19. The molecule has 1 N–H and O–H groups in total. The number of hydrogen-bond donors (Lipinski definition) is 1. The van der Waals surface area contributed by atoms with E-state index in [-0.39, 0.29) is 17.2 Å². The number of hydrogen-bond acceptors (Lipinski definition) is 9. The number of carbonyl (C=O) groups excluding carboxylic acids is 1. The molecule has 0 saturated carbocycles. The molecule has 3 aromatic rings. The number of nitrogens with one attached hydrogen (secondary N) is 1. The predicted molar refractivity (Wildman–Crippen MR) is 115 cm³/mol. The molecule has 0 amide bonds. The molecule has 0 saturated heterocycles. The lowest BCUT2D eigenvalue weighted by Crippen LogP contribution is -2.09. The summed E-state index contributed by atoms with van der Waals surface area (Å²) >= 11 is 0. The second-order valence-electron chi connectivity index (χ2n) is 6.25. The minimum Gasteiger partial charge on any atom is -0.493 e. The Balaban J connectivity index is 1.75. The van der Waals surface area contributed by atoms with Crippen LogP contribution in [-0.2, 0) is 0 Å². The molecule has 0 spiro atoms. The highest BCUT2D eigenvalue weighted by Crippen LogP contribution is 2.30. The van der Waals surface area contributed by atoms with Gasteiger partial charge in [0.1, 0.15) is 5.69 Å². The molecule has 0 fully saturated rings. The minimum atomic E-state index is -0.746. The molecule has 0 bridgehead atoms. The maximum absolute atomic E-state index is 12.2. The summed E-state index contributed by atoms with van der Waals surface area (Å²) in [6.07, 6.45) is 1.36. The molecule has 162 valence electrons. The molecule has 32 heavy (non-hydrogen) atoms. The van der Waals surface area contributed by atoms with Crippen molar-refractivity contribution in [3.05, 3.63) is 98.1 Å². The number of nitro benzene ring substituents is 2. The van der Waals surface area contributed by atoms with Crippen LogP contribution in [0.1, 0.15) is 15.9 Å². The summed E-state index contributed by atoms with van der Waals surface area (Å²) in [7, 11) is 1.41. The quantitative estimate of drug-likeness (QED) is 0.182. The maximum Gasteiger partial charge on any atom is 0.343 e. The highest BCUT2D eigenvalue weighted by molar-refractivity contribution is 5.91. The van der Waals surface area contributed by atoms with Crippen molar-refractivity contribution in [2.45, 2.75) is 0 Å². The van der Waals surface area contributed by atoms with Gasteiger partial charge in [-0.2, -0.15) is 5.10 Å². The number of nitrogens with zero attached hydrogens (tertiary/aromatic N) is 3. The number of benzene rings is 3. The molecule has 0 radical (unpaired) electrons. The van der Waals surface area contributed by atoms with Gasteiger partial charge in [0.2, 0.25) is 0 Å². The topological polar surface area (TPSA) is 146 Å². The third kappa shape index (κ3) is 5.21. The molecule has 3 rings (SSSR count). The summed E-state index contributed by atoms with van der Waals surface area (Å²) in [5, 5.41) is 25.9. The van der Waals surface area contributed by atoms with E-state index in [0.717, 1.165) is 12.1 Å². The molecule has 0 aromatic heterocycles. The van der Waals surface area contributed by atoms with Crippen molar-refractivity contribution in [2.24, 2.45) is 5.10 Å². The molecule has 0 aliphatic rings. The molecule has 0 unspecified atom stereocenters. The number of ether oxygens (including phenoxy) is 2. The van der Waals surface area contributed by atoms with Crippen LogP contribution in [0.5, 0.6) is 11.5 Å². The van der Waals surface area contributed by atoms with Crippen molar-refractivity contribution < 1.29 is 24.1 Å². The standard InChI is InChI=1S/C21H16N4O7/c1-31-20-11-14(7-10-19(20)32-21(26)15-5-3-2-4-6-15)13-22-23-17-9-8-16(24(27)28)12-18(17)25(29)30/h2-13,23H,1H3/b22-13-.